The number of aliphatic hydroxyl groups is 1. The molecule has 2 N–H and O–H groups in total. The highest BCUT2D eigenvalue weighted by Gasteiger charge is 2.35. The number of amides is 1. The number of nitrogens with zero attached hydrogens (tertiary/aromatic N) is 2. The SMILES string of the molecule is COc1ccc(F)cc1C(=O)N1C[C@@H](Cc2cc(C)[nH]n2)[C@H](O)C1. The minimum atomic E-state index is -0.634. The first kappa shape index (κ1) is 16.4. The molecule has 0 radical (unpaired) electrons. The van der Waals surface area contributed by atoms with Crippen molar-refractivity contribution in [3.8, 4) is 5.75 Å². The van der Waals surface area contributed by atoms with Crippen molar-refractivity contribution in [3.05, 3.63) is 47.0 Å². The summed E-state index contributed by atoms with van der Waals surface area (Å²) >= 11 is 0. The molecule has 1 aromatic carbocycles. The van der Waals surface area contributed by atoms with Crippen molar-refractivity contribution in [1.82, 2.24) is 15.1 Å². The minimum Gasteiger partial charge on any atom is -0.496 e. The van der Waals surface area contributed by atoms with Gasteiger partial charge < -0.3 is 14.7 Å². The first-order chi connectivity index (χ1) is 11.5. The van der Waals surface area contributed by atoms with E-state index in [-0.39, 0.29) is 23.9 Å². The van der Waals surface area contributed by atoms with E-state index in [1.165, 1.54) is 24.1 Å². The van der Waals surface area contributed by atoms with E-state index in [0.717, 1.165) is 17.5 Å². The van der Waals surface area contributed by atoms with Crippen molar-refractivity contribution in [2.24, 2.45) is 5.92 Å². The Morgan fingerprint density at radius 3 is 2.92 bits per heavy atom. The van der Waals surface area contributed by atoms with Gasteiger partial charge in [-0.05, 0) is 37.6 Å². The minimum absolute atomic E-state index is 0.101. The smallest absolute Gasteiger partial charge is 0.257 e. The molecule has 1 fully saturated rings. The van der Waals surface area contributed by atoms with Crippen LogP contribution in [0.2, 0.25) is 0 Å². The van der Waals surface area contributed by atoms with E-state index >= 15 is 0 Å². The summed E-state index contributed by atoms with van der Waals surface area (Å²) in [6.45, 7) is 2.52. The van der Waals surface area contributed by atoms with Crippen LogP contribution in [0.4, 0.5) is 4.39 Å². The highest BCUT2D eigenvalue weighted by Crippen LogP contribution is 2.26. The summed E-state index contributed by atoms with van der Waals surface area (Å²) in [5, 5.41) is 17.3. The number of ether oxygens (including phenoxy) is 1. The third-order valence-electron chi connectivity index (χ3n) is 4.32. The molecule has 0 bridgehead atoms. The largest absolute Gasteiger partial charge is 0.496 e. The monoisotopic (exact) mass is 333 g/mol. The van der Waals surface area contributed by atoms with Gasteiger partial charge in [0.15, 0.2) is 0 Å². The van der Waals surface area contributed by atoms with Crippen LogP contribution in [0.5, 0.6) is 5.75 Å². The second-order valence-corrected chi connectivity index (χ2v) is 6.13. The number of likely N-dealkylation sites (tertiary alicyclic amines) is 1. The van der Waals surface area contributed by atoms with E-state index in [4.69, 9.17) is 4.74 Å². The maximum atomic E-state index is 13.5. The number of β-amino-alcohol motifs (C(OH)–C–C–N with tert-alkyl or cyclic N) is 1. The summed E-state index contributed by atoms with van der Waals surface area (Å²) in [6, 6.07) is 5.76. The lowest BCUT2D eigenvalue weighted by molar-refractivity contribution is 0.0760. The van der Waals surface area contributed by atoms with Crippen LogP contribution in [0.1, 0.15) is 21.7 Å². The van der Waals surface area contributed by atoms with Gasteiger partial charge >= 0.3 is 0 Å². The molecular formula is C17H20FN3O3. The fourth-order valence-electron chi connectivity index (χ4n) is 3.09. The number of aromatic nitrogens is 2. The molecule has 0 spiro atoms. The Bertz CT molecular complexity index is 746. The van der Waals surface area contributed by atoms with E-state index in [9.17, 15) is 14.3 Å². The average Bonchev–Trinajstić information content (AvgIpc) is 3.13. The average molecular weight is 333 g/mol. The fraction of sp³-hybridized carbons (Fsp3) is 0.412. The van der Waals surface area contributed by atoms with E-state index in [2.05, 4.69) is 10.2 Å². The number of hydrogen-bond donors (Lipinski definition) is 2. The predicted molar refractivity (Wildman–Crippen MR) is 85.4 cm³/mol. The Labute approximate surface area is 139 Å². The van der Waals surface area contributed by atoms with Gasteiger partial charge in [-0.3, -0.25) is 9.89 Å². The van der Waals surface area contributed by atoms with Gasteiger partial charge in [0, 0.05) is 24.7 Å². The van der Waals surface area contributed by atoms with Crippen molar-refractivity contribution in [2.45, 2.75) is 19.4 Å². The summed E-state index contributed by atoms with van der Waals surface area (Å²) in [5.41, 5.74) is 1.98. The zero-order valence-electron chi connectivity index (χ0n) is 13.6. The molecule has 128 valence electrons. The number of carbonyl (C=O) groups excluding carboxylic acids is 1. The molecule has 1 aliphatic rings. The van der Waals surface area contributed by atoms with Crippen LogP contribution >= 0.6 is 0 Å². The molecule has 0 aliphatic carbocycles. The molecule has 1 amide bonds. The number of nitrogens with one attached hydrogen (secondary N) is 1. The normalized spacial score (nSPS) is 20.4. The van der Waals surface area contributed by atoms with Gasteiger partial charge in [0.2, 0.25) is 0 Å². The number of rotatable bonds is 4. The number of hydrogen-bond acceptors (Lipinski definition) is 4. The van der Waals surface area contributed by atoms with Crippen molar-refractivity contribution in [3.63, 3.8) is 0 Å². The number of aromatic amines is 1. The van der Waals surface area contributed by atoms with Crippen molar-refractivity contribution >= 4 is 5.91 Å². The van der Waals surface area contributed by atoms with Gasteiger partial charge in [-0.2, -0.15) is 5.10 Å². The first-order valence-electron chi connectivity index (χ1n) is 7.79. The number of benzene rings is 1. The molecule has 24 heavy (non-hydrogen) atoms. The Kier molecular flexibility index (Phi) is 4.53. The van der Waals surface area contributed by atoms with Crippen LogP contribution in [0.25, 0.3) is 0 Å². The van der Waals surface area contributed by atoms with Gasteiger partial charge in [-0.25, -0.2) is 4.39 Å². The third-order valence-corrected chi connectivity index (χ3v) is 4.32. The van der Waals surface area contributed by atoms with Crippen molar-refractivity contribution in [1.29, 1.82) is 0 Å². The maximum absolute atomic E-state index is 13.5. The van der Waals surface area contributed by atoms with Crippen LogP contribution in [0.3, 0.4) is 0 Å². The molecule has 1 saturated heterocycles. The standard InChI is InChI=1S/C17H20FN3O3/c1-10-5-13(20-19-10)6-11-8-21(9-15(11)22)17(23)14-7-12(18)3-4-16(14)24-2/h3-5,7,11,15,22H,6,8-9H2,1-2H3,(H,19,20)/t11-,15-/m1/s1. The third kappa shape index (κ3) is 3.26. The van der Waals surface area contributed by atoms with Crippen molar-refractivity contribution < 1.29 is 19.0 Å². The van der Waals surface area contributed by atoms with E-state index in [0.29, 0.717) is 18.7 Å². The molecule has 0 saturated carbocycles. The number of aliphatic hydroxyl groups excluding tert-OH is 1. The molecule has 1 aromatic heterocycles. The highest BCUT2D eigenvalue weighted by atomic mass is 19.1. The van der Waals surface area contributed by atoms with E-state index < -0.39 is 11.9 Å². The van der Waals surface area contributed by atoms with Gasteiger partial charge in [0.25, 0.3) is 5.91 Å². The number of halogens is 1. The molecule has 2 heterocycles. The summed E-state index contributed by atoms with van der Waals surface area (Å²) in [6.07, 6.45) is -0.0548. The molecule has 6 nitrogen and oxygen atoms in total. The zero-order chi connectivity index (χ0) is 17.3. The molecule has 7 heteroatoms. The molecular weight excluding hydrogens is 313 g/mol. The summed E-state index contributed by atoms with van der Waals surface area (Å²) in [7, 11) is 1.44. The second kappa shape index (κ2) is 6.60. The van der Waals surface area contributed by atoms with Crippen molar-refractivity contribution in [2.75, 3.05) is 20.2 Å². The molecule has 2 atom stereocenters. The number of methoxy groups -OCH3 is 1. The topological polar surface area (TPSA) is 78.5 Å². The maximum Gasteiger partial charge on any atom is 0.257 e. The van der Waals surface area contributed by atoms with Crippen LogP contribution in [0, 0.1) is 18.7 Å². The fourth-order valence-corrected chi connectivity index (χ4v) is 3.09. The molecule has 1 aliphatic heterocycles. The van der Waals surface area contributed by atoms with Crippen LogP contribution in [0.15, 0.2) is 24.3 Å². The Morgan fingerprint density at radius 2 is 2.25 bits per heavy atom. The lowest BCUT2D eigenvalue weighted by atomic mass is 10.0. The Balaban J connectivity index is 1.74. The lowest BCUT2D eigenvalue weighted by Gasteiger charge is -2.17. The molecule has 2 aromatic rings. The predicted octanol–water partition coefficient (Wildman–Crippen LogP) is 1.54. The second-order valence-electron chi connectivity index (χ2n) is 6.13. The molecule has 3 rings (SSSR count). The van der Waals surface area contributed by atoms with Crippen LogP contribution < -0.4 is 4.74 Å². The van der Waals surface area contributed by atoms with E-state index in [1.807, 2.05) is 13.0 Å². The zero-order valence-corrected chi connectivity index (χ0v) is 13.6. The summed E-state index contributed by atoms with van der Waals surface area (Å²) < 4.78 is 18.6. The van der Waals surface area contributed by atoms with Crippen LogP contribution in [-0.4, -0.2) is 52.4 Å². The Morgan fingerprint density at radius 1 is 1.46 bits per heavy atom. The van der Waals surface area contributed by atoms with Gasteiger partial charge in [0.1, 0.15) is 11.6 Å². The highest BCUT2D eigenvalue weighted by molar-refractivity contribution is 5.97. The summed E-state index contributed by atoms with van der Waals surface area (Å²) in [5.74, 6) is -0.618. The summed E-state index contributed by atoms with van der Waals surface area (Å²) in [4.78, 5) is 14.2. The first-order valence-corrected chi connectivity index (χ1v) is 7.79. The number of carbonyl (C=O) groups is 1. The molecule has 0 unspecified atom stereocenters. The Hall–Kier alpha value is -2.41. The number of H-pyrrole nitrogens is 1. The quantitative estimate of drug-likeness (QED) is 0.890. The lowest BCUT2D eigenvalue weighted by Crippen LogP contribution is -2.30. The van der Waals surface area contributed by atoms with Gasteiger partial charge in [0.05, 0.1) is 24.5 Å². The van der Waals surface area contributed by atoms with E-state index in [1.54, 1.807) is 0 Å². The number of aryl methyl sites for hydroxylation is 1. The van der Waals surface area contributed by atoms with Gasteiger partial charge in [-0.1, -0.05) is 0 Å². The van der Waals surface area contributed by atoms with Gasteiger partial charge in [-0.15, -0.1) is 0 Å². The van der Waals surface area contributed by atoms with Crippen LogP contribution in [-0.2, 0) is 6.42 Å².